The van der Waals surface area contributed by atoms with Gasteiger partial charge in [0.2, 0.25) is 0 Å². The molecule has 0 spiro atoms. The van der Waals surface area contributed by atoms with Crippen LogP contribution in [0.25, 0.3) is 0 Å². The SMILES string of the molecule is CCC(OC1CCCCC1)C(=O)Nc1ccc2c(c1)OCCO2. The molecule has 0 bridgehead atoms. The molecule has 0 aromatic heterocycles. The molecule has 0 radical (unpaired) electrons. The molecule has 1 aromatic carbocycles. The van der Waals surface area contributed by atoms with Gasteiger partial charge in [-0.2, -0.15) is 0 Å². The van der Waals surface area contributed by atoms with Gasteiger partial charge in [0.15, 0.2) is 11.5 Å². The van der Waals surface area contributed by atoms with E-state index in [1.807, 2.05) is 19.1 Å². The predicted molar refractivity (Wildman–Crippen MR) is 88.1 cm³/mol. The summed E-state index contributed by atoms with van der Waals surface area (Å²) in [5, 5.41) is 2.93. The fourth-order valence-electron chi connectivity index (χ4n) is 3.12. The fourth-order valence-corrected chi connectivity index (χ4v) is 3.12. The Balaban J connectivity index is 1.60. The molecule has 1 amide bonds. The minimum atomic E-state index is -0.397. The van der Waals surface area contributed by atoms with Gasteiger partial charge in [-0.3, -0.25) is 4.79 Å². The molecule has 1 unspecified atom stereocenters. The highest BCUT2D eigenvalue weighted by molar-refractivity contribution is 5.94. The Morgan fingerprint density at radius 3 is 2.70 bits per heavy atom. The van der Waals surface area contributed by atoms with Gasteiger partial charge in [0.25, 0.3) is 5.91 Å². The largest absolute Gasteiger partial charge is 0.486 e. The average Bonchev–Trinajstić information content (AvgIpc) is 2.60. The number of benzene rings is 1. The number of carbonyl (C=O) groups excluding carboxylic acids is 1. The Kier molecular flexibility index (Phi) is 5.39. The number of hydrogen-bond acceptors (Lipinski definition) is 4. The summed E-state index contributed by atoms with van der Waals surface area (Å²) < 4.78 is 17.1. The van der Waals surface area contributed by atoms with Gasteiger partial charge in [-0.1, -0.05) is 26.2 Å². The maximum Gasteiger partial charge on any atom is 0.253 e. The predicted octanol–water partition coefficient (Wildman–Crippen LogP) is 3.52. The third-order valence-corrected chi connectivity index (χ3v) is 4.38. The number of ether oxygens (including phenoxy) is 3. The van der Waals surface area contributed by atoms with Crippen molar-refractivity contribution in [3.63, 3.8) is 0 Å². The lowest BCUT2D eigenvalue weighted by Crippen LogP contribution is -2.34. The smallest absolute Gasteiger partial charge is 0.253 e. The number of fused-ring (bicyclic) bond motifs is 1. The number of nitrogens with one attached hydrogen (secondary N) is 1. The molecule has 1 fully saturated rings. The summed E-state index contributed by atoms with van der Waals surface area (Å²) in [7, 11) is 0. The van der Waals surface area contributed by atoms with Gasteiger partial charge < -0.3 is 19.5 Å². The molecule has 2 aliphatic rings. The number of carbonyl (C=O) groups is 1. The molecule has 1 aliphatic heterocycles. The summed E-state index contributed by atoms with van der Waals surface area (Å²) in [5.41, 5.74) is 0.713. The first-order valence-corrected chi connectivity index (χ1v) is 8.62. The van der Waals surface area contributed by atoms with Crippen LogP contribution in [0.4, 0.5) is 5.69 Å². The lowest BCUT2D eigenvalue weighted by atomic mass is 9.97. The van der Waals surface area contributed by atoms with Crippen LogP contribution in [-0.2, 0) is 9.53 Å². The van der Waals surface area contributed by atoms with Crippen LogP contribution in [0.2, 0.25) is 0 Å². The van der Waals surface area contributed by atoms with E-state index in [4.69, 9.17) is 14.2 Å². The average molecular weight is 319 g/mol. The molecule has 5 nitrogen and oxygen atoms in total. The van der Waals surface area contributed by atoms with Crippen LogP contribution < -0.4 is 14.8 Å². The molecule has 0 saturated heterocycles. The van der Waals surface area contributed by atoms with Gasteiger partial charge in [-0.15, -0.1) is 0 Å². The van der Waals surface area contributed by atoms with Crippen LogP contribution in [0.5, 0.6) is 11.5 Å². The lowest BCUT2D eigenvalue weighted by Gasteiger charge is -2.26. The highest BCUT2D eigenvalue weighted by Gasteiger charge is 2.24. The highest BCUT2D eigenvalue weighted by atomic mass is 16.6. The van der Waals surface area contributed by atoms with E-state index in [2.05, 4.69) is 5.32 Å². The van der Waals surface area contributed by atoms with E-state index in [-0.39, 0.29) is 12.0 Å². The Morgan fingerprint density at radius 2 is 1.96 bits per heavy atom. The van der Waals surface area contributed by atoms with E-state index >= 15 is 0 Å². The Hall–Kier alpha value is -1.75. The third kappa shape index (κ3) is 4.16. The fraction of sp³-hybridized carbons (Fsp3) is 0.611. The first kappa shape index (κ1) is 16.1. The molecular formula is C18H25NO4. The van der Waals surface area contributed by atoms with Crippen molar-refractivity contribution in [1.82, 2.24) is 0 Å². The summed E-state index contributed by atoms with van der Waals surface area (Å²) in [5.74, 6) is 1.31. The molecule has 23 heavy (non-hydrogen) atoms. The minimum absolute atomic E-state index is 0.0882. The zero-order chi connectivity index (χ0) is 16.1. The topological polar surface area (TPSA) is 56.8 Å². The van der Waals surface area contributed by atoms with Gasteiger partial charge in [0.1, 0.15) is 19.3 Å². The first-order valence-electron chi connectivity index (χ1n) is 8.62. The van der Waals surface area contributed by atoms with E-state index in [0.717, 1.165) is 18.6 Å². The molecule has 3 rings (SSSR count). The van der Waals surface area contributed by atoms with E-state index in [1.165, 1.54) is 19.3 Å². The number of hydrogen-bond donors (Lipinski definition) is 1. The van der Waals surface area contributed by atoms with Crippen LogP contribution in [0.15, 0.2) is 18.2 Å². The summed E-state index contributed by atoms with van der Waals surface area (Å²) in [6, 6.07) is 5.46. The maximum atomic E-state index is 12.5. The highest BCUT2D eigenvalue weighted by Crippen LogP contribution is 2.32. The molecule has 1 N–H and O–H groups in total. The minimum Gasteiger partial charge on any atom is -0.486 e. The third-order valence-electron chi connectivity index (χ3n) is 4.38. The van der Waals surface area contributed by atoms with Crippen molar-refractivity contribution in [1.29, 1.82) is 0 Å². The van der Waals surface area contributed by atoms with Gasteiger partial charge in [0.05, 0.1) is 6.10 Å². The van der Waals surface area contributed by atoms with Crippen LogP contribution in [-0.4, -0.2) is 31.3 Å². The van der Waals surface area contributed by atoms with Gasteiger partial charge in [-0.05, 0) is 31.4 Å². The molecule has 1 aliphatic carbocycles. The van der Waals surface area contributed by atoms with Crippen LogP contribution in [0.1, 0.15) is 45.4 Å². The first-order chi connectivity index (χ1) is 11.3. The molecule has 1 aromatic rings. The standard InChI is InChI=1S/C18H25NO4/c1-2-15(23-14-6-4-3-5-7-14)18(20)19-13-8-9-16-17(12-13)22-11-10-21-16/h8-9,12,14-15H,2-7,10-11H2,1H3,(H,19,20). The second kappa shape index (κ2) is 7.68. The second-order valence-corrected chi connectivity index (χ2v) is 6.14. The van der Waals surface area contributed by atoms with Crippen molar-refractivity contribution in [3.8, 4) is 11.5 Å². The zero-order valence-corrected chi connectivity index (χ0v) is 13.7. The summed E-state index contributed by atoms with van der Waals surface area (Å²) >= 11 is 0. The molecule has 126 valence electrons. The summed E-state index contributed by atoms with van der Waals surface area (Å²) in [4.78, 5) is 12.5. The number of amides is 1. The van der Waals surface area contributed by atoms with Gasteiger partial charge in [-0.25, -0.2) is 0 Å². The summed E-state index contributed by atoms with van der Waals surface area (Å²) in [6.45, 7) is 3.08. The maximum absolute atomic E-state index is 12.5. The monoisotopic (exact) mass is 319 g/mol. The number of rotatable bonds is 5. The van der Waals surface area contributed by atoms with Crippen LogP contribution >= 0.6 is 0 Å². The Morgan fingerprint density at radius 1 is 1.22 bits per heavy atom. The molecule has 1 atom stereocenters. The van der Waals surface area contributed by atoms with Crippen molar-refractivity contribution >= 4 is 11.6 Å². The quantitative estimate of drug-likeness (QED) is 0.902. The van der Waals surface area contributed by atoms with Crippen LogP contribution in [0.3, 0.4) is 0 Å². The lowest BCUT2D eigenvalue weighted by molar-refractivity contribution is -0.132. The molecule has 1 saturated carbocycles. The van der Waals surface area contributed by atoms with Gasteiger partial charge in [0, 0.05) is 11.8 Å². The molecule has 5 heteroatoms. The van der Waals surface area contributed by atoms with Crippen LogP contribution in [0, 0.1) is 0 Å². The molecule has 1 heterocycles. The second-order valence-electron chi connectivity index (χ2n) is 6.14. The van der Waals surface area contributed by atoms with E-state index in [9.17, 15) is 4.79 Å². The van der Waals surface area contributed by atoms with E-state index in [0.29, 0.717) is 31.1 Å². The van der Waals surface area contributed by atoms with Crippen molar-refractivity contribution in [3.05, 3.63) is 18.2 Å². The Bertz CT molecular complexity index is 540. The Labute approximate surface area is 137 Å². The summed E-state index contributed by atoms with van der Waals surface area (Å²) in [6.07, 6.45) is 6.30. The number of anilines is 1. The van der Waals surface area contributed by atoms with Crippen molar-refractivity contribution in [2.75, 3.05) is 18.5 Å². The van der Waals surface area contributed by atoms with Gasteiger partial charge >= 0.3 is 0 Å². The molecular weight excluding hydrogens is 294 g/mol. The zero-order valence-electron chi connectivity index (χ0n) is 13.7. The van der Waals surface area contributed by atoms with E-state index < -0.39 is 6.10 Å². The van der Waals surface area contributed by atoms with Crippen molar-refractivity contribution < 1.29 is 19.0 Å². The van der Waals surface area contributed by atoms with Crippen molar-refractivity contribution in [2.24, 2.45) is 0 Å². The normalized spacial score (nSPS) is 19.2. The van der Waals surface area contributed by atoms with Crippen molar-refractivity contribution in [2.45, 2.75) is 57.7 Å². The van der Waals surface area contributed by atoms with E-state index in [1.54, 1.807) is 6.07 Å².